The average molecular weight is 1730 g/mol. The number of hydrogen-bond donors (Lipinski definition) is 0. The van der Waals surface area contributed by atoms with Crippen LogP contribution in [0.1, 0.15) is 45.6 Å². The Morgan fingerprint density at radius 3 is 0.699 bits per heavy atom. The number of hydrogen-bond acceptors (Lipinski definition) is 23. The summed E-state index contributed by atoms with van der Waals surface area (Å²) in [5.41, 5.74) is 10.5. The molecule has 0 aliphatic carbocycles. The van der Waals surface area contributed by atoms with Crippen molar-refractivity contribution in [1.82, 2.24) is 74.8 Å². The summed E-state index contributed by atoms with van der Waals surface area (Å²) < 4.78 is 0. The maximum atomic E-state index is 9.72. The molecular weight excluding hydrogens is 1680 g/mol. The predicted molar refractivity (Wildman–Crippen MR) is 531 cm³/mol. The molecule has 0 fully saturated rings. The zero-order valence-corrected chi connectivity index (χ0v) is 70.6. The van der Waals surface area contributed by atoms with Gasteiger partial charge in [0.2, 0.25) is 0 Å². The molecule has 0 radical (unpaired) electrons. The second kappa shape index (κ2) is 30.5. The molecule has 28 aromatic rings. The van der Waals surface area contributed by atoms with Crippen LogP contribution in [-0.4, -0.2) is 74.8 Å². The van der Waals surface area contributed by atoms with Gasteiger partial charge in [0.15, 0.2) is 56.8 Å². The monoisotopic (exact) mass is 1730 g/mol. The molecule has 136 heavy (non-hydrogen) atoms. The molecule has 20 aromatic carbocycles. The Morgan fingerprint density at radius 2 is 0.346 bits per heavy atom. The third kappa shape index (κ3) is 11.6. The van der Waals surface area contributed by atoms with E-state index >= 15 is 0 Å². The van der Waals surface area contributed by atoms with E-state index in [-0.39, 0.29) is 45.6 Å². The van der Waals surface area contributed by atoms with Crippen LogP contribution in [0.3, 0.4) is 0 Å². The highest BCUT2D eigenvalue weighted by Gasteiger charge is 2.28. The highest BCUT2D eigenvalue weighted by molar-refractivity contribution is 6.43. The van der Waals surface area contributed by atoms with Gasteiger partial charge in [-0.15, -0.1) is 0 Å². The first-order valence-electron chi connectivity index (χ1n) is 43.0. The van der Waals surface area contributed by atoms with E-state index in [1.54, 1.807) is 12.4 Å². The molecule has 0 N–H and O–H groups in total. The van der Waals surface area contributed by atoms with E-state index < -0.39 is 0 Å². The van der Waals surface area contributed by atoms with E-state index in [0.29, 0.717) is 83.0 Å². The Hall–Kier alpha value is -20.7. The van der Waals surface area contributed by atoms with Crippen LogP contribution in [0.4, 0.5) is 0 Å². The minimum Gasteiger partial charge on any atom is -0.245 e. The minimum atomic E-state index is -0.0539. The molecule has 28 rings (SSSR count). The van der Waals surface area contributed by atoms with Gasteiger partial charge in [0, 0.05) is 71.6 Å². The lowest BCUT2D eigenvalue weighted by molar-refractivity contribution is 1.19. The van der Waals surface area contributed by atoms with Gasteiger partial charge >= 0.3 is 0 Å². The average Bonchev–Trinajstić information content (AvgIpc) is 0.715. The SMILES string of the molecule is N#Cc1nc2c3cc4ccccc4cc3c3c4ccccc4c4ccccc4c3c2nc1C#N.N#Cc1nc2c3nc4ccccc4cc3c3c4ccccc4c4ccccc4c3c2nc1C#N.N#Cc1nc2c3nc4ccccc4nc3c3c4ccccc4c4ccccc4c3c2nc1C#N.N#Cc1nc2c3nc4nccnc4nc3c3c4ccccc4c4ccccc4c3c2nc1C#N. The molecule has 0 atom stereocenters. The third-order valence-electron chi connectivity index (χ3n) is 25.6. The van der Waals surface area contributed by atoms with Gasteiger partial charge in [-0.2, -0.15) is 42.1 Å². The number of nitriles is 8. The third-order valence-corrected chi connectivity index (χ3v) is 25.6. The fraction of sp³-hybridized carbons (Fsp3) is 0. The Bertz CT molecular complexity index is 9610. The van der Waals surface area contributed by atoms with Crippen LogP contribution in [0, 0.1) is 90.6 Å². The Balaban J connectivity index is 0.0000000965. The summed E-state index contributed by atoms with van der Waals surface area (Å²) in [7, 11) is 0. The lowest BCUT2D eigenvalue weighted by atomic mass is 9.89. The van der Waals surface area contributed by atoms with Crippen molar-refractivity contribution in [3.05, 3.63) is 343 Å². The summed E-state index contributed by atoms with van der Waals surface area (Å²) in [5.74, 6) is 0. The van der Waals surface area contributed by atoms with Crippen LogP contribution in [0.25, 0.3) is 261 Å². The number of benzene rings is 20. The normalized spacial score (nSPS) is 11.5. The first-order chi connectivity index (χ1) is 67.1. The van der Waals surface area contributed by atoms with Crippen molar-refractivity contribution in [3.8, 4) is 48.6 Å². The molecule has 8 heterocycles. The lowest BCUT2D eigenvalue weighted by Crippen LogP contribution is -2.01. The molecule has 0 aliphatic heterocycles. The predicted octanol–water partition coefficient (Wildman–Crippen LogP) is 24.3. The zero-order valence-electron chi connectivity index (χ0n) is 70.6. The van der Waals surface area contributed by atoms with E-state index in [1.165, 1.54) is 5.39 Å². The van der Waals surface area contributed by atoms with E-state index in [4.69, 9.17) is 39.9 Å². The Kier molecular flexibility index (Phi) is 17.4. The number of fused-ring (bicyclic) bond motifs is 48. The molecule has 23 nitrogen and oxygen atoms in total. The highest BCUT2D eigenvalue weighted by Crippen LogP contribution is 2.49. The van der Waals surface area contributed by atoms with E-state index in [2.05, 4.69) is 174 Å². The zero-order chi connectivity index (χ0) is 91.2. The first kappa shape index (κ1) is 77.6. The topological polar surface area (TPSA) is 384 Å². The van der Waals surface area contributed by atoms with Gasteiger partial charge in [0.05, 0.1) is 33.1 Å². The first-order valence-corrected chi connectivity index (χ1v) is 43.0. The van der Waals surface area contributed by atoms with Crippen LogP contribution < -0.4 is 0 Å². The van der Waals surface area contributed by atoms with Gasteiger partial charge in [-0.05, 0) is 139 Å². The Labute approximate surface area is 764 Å². The van der Waals surface area contributed by atoms with Crippen LogP contribution in [-0.2, 0) is 0 Å². The summed E-state index contributed by atoms with van der Waals surface area (Å²) in [6, 6.07) is 112. The van der Waals surface area contributed by atoms with Gasteiger partial charge < -0.3 is 0 Å². The molecule has 0 aliphatic rings. The second-order valence-electron chi connectivity index (χ2n) is 32.6. The quantitative estimate of drug-likeness (QED) is 0.100. The van der Waals surface area contributed by atoms with Gasteiger partial charge in [0.25, 0.3) is 0 Å². The summed E-state index contributed by atoms with van der Waals surface area (Å²) in [6.07, 6.45) is 3.13. The number of pyridine rings is 1. The largest absolute Gasteiger partial charge is 0.245 e. The van der Waals surface area contributed by atoms with E-state index in [0.717, 1.165) is 173 Å². The smallest absolute Gasteiger partial charge is 0.198 e. The van der Waals surface area contributed by atoms with Gasteiger partial charge in [-0.1, -0.05) is 249 Å². The van der Waals surface area contributed by atoms with Gasteiger partial charge in [-0.25, -0.2) is 74.8 Å². The van der Waals surface area contributed by atoms with Crippen LogP contribution >= 0.6 is 0 Å². The molecule has 616 valence electrons. The fourth-order valence-electron chi connectivity index (χ4n) is 20.0. The standard InChI is InChI=1S/C30H14N4.C29H13N5.C28H12N6.C26H10N8/c31-15-25-26(16-32)34-30-28-22-12-6-4-10-20(22)19-9-3-5-11-21(19)27(28)23-13-17-7-1-2-8-18(17)14-24(23)29(30)33-25;30-14-23-24(15-31)34-29-27-21(13-16-7-1-6-12-22(16)32-27)25-19-10-4-2-8-17(19)18-9-3-5-11-20(18)26(25)28(29)33-23;29-13-21-22(14-30)34-28-26(33-21)24-18-10-4-2-8-16(18)15-7-1-3-9-17(15)23(24)25-27(28)32-20-12-6-5-11-19(20)31-25;27-11-17-18(12-28)32-23-21(31-17)19-15-7-3-1-5-13(15)14-6-2-4-8-16(14)20(19)22-24(23)34-26-25(33-22)29-9-10-30-26/h1-14H;1-13H;1-12H;1-10H. The van der Waals surface area contributed by atoms with Crippen molar-refractivity contribution in [2.24, 2.45) is 0 Å². The van der Waals surface area contributed by atoms with E-state index in [9.17, 15) is 42.1 Å². The number of aromatic nitrogens is 15. The van der Waals surface area contributed by atoms with Crippen molar-refractivity contribution in [3.63, 3.8) is 0 Å². The highest BCUT2D eigenvalue weighted by atomic mass is 15.0. The fourth-order valence-corrected chi connectivity index (χ4v) is 20.0. The molecule has 0 amide bonds. The summed E-state index contributed by atoms with van der Waals surface area (Å²) in [5, 5.41) is 108. The van der Waals surface area contributed by atoms with Crippen molar-refractivity contribution >= 4 is 261 Å². The molecule has 0 unspecified atom stereocenters. The minimum absolute atomic E-state index is 0.00152. The summed E-state index contributed by atoms with van der Waals surface area (Å²) in [4.78, 5) is 70.4. The molecule has 0 spiro atoms. The van der Waals surface area contributed by atoms with E-state index in [1.807, 2.05) is 194 Å². The number of para-hydroxylation sites is 3. The van der Waals surface area contributed by atoms with Gasteiger partial charge in [-0.3, -0.25) is 0 Å². The van der Waals surface area contributed by atoms with Crippen LogP contribution in [0.15, 0.2) is 298 Å². The summed E-state index contributed by atoms with van der Waals surface area (Å²) in [6.45, 7) is 0. The number of rotatable bonds is 0. The van der Waals surface area contributed by atoms with Crippen molar-refractivity contribution in [2.45, 2.75) is 0 Å². The van der Waals surface area contributed by atoms with Crippen LogP contribution in [0.5, 0.6) is 0 Å². The second-order valence-corrected chi connectivity index (χ2v) is 32.6. The van der Waals surface area contributed by atoms with Crippen molar-refractivity contribution in [1.29, 1.82) is 42.1 Å². The van der Waals surface area contributed by atoms with Crippen molar-refractivity contribution < 1.29 is 0 Å². The molecule has 0 bridgehead atoms. The molecule has 8 aromatic heterocycles. The molecule has 0 saturated carbocycles. The number of nitrogens with zero attached hydrogens (tertiary/aromatic N) is 23. The molecule has 23 heteroatoms. The molecular formula is C113H49N23. The maximum Gasteiger partial charge on any atom is 0.198 e. The maximum absolute atomic E-state index is 9.72. The Morgan fingerprint density at radius 1 is 0.147 bits per heavy atom. The van der Waals surface area contributed by atoms with Crippen molar-refractivity contribution in [2.75, 3.05) is 0 Å². The van der Waals surface area contributed by atoms with Gasteiger partial charge in [0.1, 0.15) is 104 Å². The summed E-state index contributed by atoms with van der Waals surface area (Å²) >= 11 is 0. The van der Waals surface area contributed by atoms with Crippen LogP contribution in [0.2, 0.25) is 0 Å². The molecule has 0 saturated heterocycles. The lowest BCUT2D eigenvalue weighted by Gasteiger charge is -2.16.